The second-order valence-electron chi connectivity index (χ2n) is 3.00. The maximum atomic E-state index is 11.1. The van der Waals surface area contributed by atoms with Crippen LogP contribution in [0.1, 0.15) is 12.5 Å². The van der Waals surface area contributed by atoms with Crippen LogP contribution >= 0.6 is 11.8 Å². The zero-order valence-electron chi connectivity index (χ0n) is 8.82. The molecule has 0 aromatic carbocycles. The number of aryl methyl sites for hydroxylation is 1. The molecule has 0 aliphatic rings. The molecule has 1 aromatic heterocycles. The number of nitrogen functional groups attached to an aromatic ring is 1. The Kier molecular flexibility index (Phi) is 4.42. The summed E-state index contributed by atoms with van der Waals surface area (Å²) in [5.74, 6) is -0.00189. The molecule has 1 aromatic rings. The second-order valence-corrected chi connectivity index (χ2v) is 3.96. The molecule has 0 saturated carbocycles. The van der Waals surface area contributed by atoms with Crippen LogP contribution < -0.4 is 5.73 Å². The molecule has 0 unspecified atom stereocenters. The van der Waals surface area contributed by atoms with Gasteiger partial charge in [0.25, 0.3) is 0 Å². The molecule has 0 radical (unpaired) electrons. The molecule has 4 nitrogen and oxygen atoms in total. The summed E-state index contributed by atoms with van der Waals surface area (Å²) in [4.78, 5) is 15.2. The number of esters is 1. The van der Waals surface area contributed by atoms with Gasteiger partial charge in [-0.05, 0) is 25.5 Å². The predicted molar refractivity (Wildman–Crippen MR) is 60.7 cm³/mol. The summed E-state index contributed by atoms with van der Waals surface area (Å²) >= 11 is 1.29. The Morgan fingerprint density at radius 3 is 3.00 bits per heavy atom. The quantitative estimate of drug-likeness (QED) is 0.624. The van der Waals surface area contributed by atoms with Crippen molar-refractivity contribution in [2.24, 2.45) is 0 Å². The zero-order valence-corrected chi connectivity index (χ0v) is 9.63. The van der Waals surface area contributed by atoms with Gasteiger partial charge in [0, 0.05) is 6.20 Å². The van der Waals surface area contributed by atoms with Crippen LogP contribution in [0.4, 0.5) is 5.69 Å². The van der Waals surface area contributed by atoms with Crippen molar-refractivity contribution >= 4 is 23.4 Å². The SMILES string of the molecule is CCOC(=O)CSc1ncc(C)cc1N. The van der Waals surface area contributed by atoms with Crippen LogP contribution in [0.5, 0.6) is 0 Å². The lowest BCUT2D eigenvalue weighted by atomic mass is 10.3. The number of anilines is 1. The molecule has 2 N–H and O–H groups in total. The van der Waals surface area contributed by atoms with E-state index in [0.717, 1.165) is 5.56 Å². The third-order valence-corrected chi connectivity index (χ3v) is 2.64. The normalized spacial score (nSPS) is 10.0. The van der Waals surface area contributed by atoms with Crippen LogP contribution in [0, 0.1) is 6.92 Å². The van der Waals surface area contributed by atoms with E-state index >= 15 is 0 Å². The van der Waals surface area contributed by atoms with Crippen molar-refractivity contribution in [3.63, 3.8) is 0 Å². The van der Waals surface area contributed by atoms with Gasteiger partial charge in [-0.3, -0.25) is 4.79 Å². The Morgan fingerprint density at radius 2 is 2.40 bits per heavy atom. The molecule has 0 fully saturated rings. The van der Waals surface area contributed by atoms with E-state index in [-0.39, 0.29) is 11.7 Å². The van der Waals surface area contributed by atoms with Crippen LogP contribution in [0.25, 0.3) is 0 Å². The number of aromatic nitrogens is 1. The molecule has 0 aliphatic heterocycles. The van der Waals surface area contributed by atoms with E-state index in [1.807, 2.05) is 13.0 Å². The van der Waals surface area contributed by atoms with Crippen molar-refractivity contribution in [1.29, 1.82) is 0 Å². The van der Waals surface area contributed by atoms with Gasteiger partial charge in [-0.2, -0.15) is 0 Å². The summed E-state index contributed by atoms with van der Waals surface area (Å²) in [6.45, 7) is 4.10. The van der Waals surface area contributed by atoms with Gasteiger partial charge < -0.3 is 10.5 Å². The minimum atomic E-state index is -0.246. The first-order valence-electron chi connectivity index (χ1n) is 4.64. The lowest BCUT2D eigenvalue weighted by molar-refractivity contribution is -0.139. The van der Waals surface area contributed by atoms with Crippen molar-refractivity contribution in [1.82, 2.24) is 4.98 Å². The van der Waals surface area contributed by atoms with E-state index in [4.69, 9.17) is 10.5 Å². The van der Waals surface area contributed by atoms with E-state index in [9.17, 15) is 4.79 Å². The smallest absolute Gasteiger partial charge is 0.316 e. The summed E-state index contributed by atoms with van der Waals surface area (Å²) in [6.07, 6.45) is 1.73. The largest absolute Gasteiger partial charge is 0.465 e. The zero-order chi connectivity index (χ0) is 11.3. The number of hydrogen-bond donors (Lipinski definition) is 1. The third-order valence-electron chi connectivity index (χ3n) is 1.65. The Morgan fingerprint density at radius 1 is 1.67 bits per heavy atom. The molecule has 5 heteroatoms. The minimum Gasteiger partial charge on any atom is -0.465 e. The highest BCUT2D eigenvalue weighted by Crippen LogP contribution is 2.22. The van der Waals surface area contributed by atoms with Gasteiger partial charge >= 0.3 is 5.97 Å². The number of carbonyl (C=O) groups excluding carboxylic acids is 1. The topological polar surface area (TPSA) is 65.2 Å². The summed E-state index contributed by atoms with van der Waals surface area (Å²) < 4.78 is 4.80. The van der Waals surface area contributed by atoms with Crippen molar-refractivity contribution in [3.05, 3.63) is 17.8 Å². The molecule has 1 rings (SSSR count). The summed E-state index contributed by atoms with van der Waals surface area (Å²) in [7, 11) is 0. The maximum absolute atomic E-state index is 11.1. The van der Waals surface area contributed by atoms with Gasteiger partial charge in [-0.15, -0.1) is 0 Å². The van der Waals surface area contributed by atoms with Crippen LogP contribution in [-0.4, -0.2) is 23.3 Å². The van der Waals surface area contributed by atoms with Crippen molar-refractivity contribution in [2.75, 3.05) is 18.1 Å². The fourth-order valence-electron chi connectivity index (χ4n) is 1.03. The van der Waals surface area contributed by atoms with E-state index < -0.39 is 0 Å². The Bertz CT molecular complexity index is 355. The standard InChI is InChI=1S/C10H14N2O2S/c1-3-14-9(13)6-15-10-8(11)4-7(2)5-12-10/h4-5H,3,6,11H2,1-2H3. The number of carbonyl (C=O) groups is 1. The van der Waals surface area contributed by atoms with Crippen LogP contribution in [0.3, 0.4) is 0 Å². The molecule has 0 atom stereocenters. The number of thioether (sulfide) groups is 1. The molecule has 0 saturated heterocycles. The summed E-state index contributed by atoms with van der Waals surface area (Å²) in [6, 6.07) is 1.83. The molecule has 0 bridgehead atoms. The number of hydrogen-bond acceptors (Lipinski definition) is 5. The maximum Gasteiger partial charge on any atom is 0.316 e. The molecule has 0 amide bonds. The summed E-state index contributed by atoms with van der Waals surface area (Å²) in [5, 5.41) is 0.675. The Labute approximate surface area is 93.2 Å². The first-order valence-corrected chi connectivity index (χ1v) is 5.62. The minimum absolute atomic E-state index is 0.244. The first-order chi connectivity index (χ1) is 7.13. The Balaban J connectivity index is 2.54. The highest BCUT2D eigenvalue weighted by molar-refractivity contribution is 8.00. The van der Waals surface area contributed by atoms with Crippen molar-refractivity contribution in [2.45, 2.75) is 18.9 Å². The average Bonchev–Trinajstić information content (AvgIpc) is 2.17. The third kappa shape index (κ3) is 3.79. The van der Waals surface area contributed by atoms with Gasteiger partial charge in [-0.1, -0.05) is 11.8 Å². The number of nitrogens with two attached hydrogens (primary N) is 1. The lowest BCUT2D eigenvalue weighted by Crippen LogP contribution is -2.07. The number of rotatable bonds is 4. The van der Waals surface area contributed by atoms with Crippen LogP contribution in [0.2, 0.25) is 0 Å². The second kappa shape index (κ2) is 5.60. The molecular weight excluding hydrogens is 212 g/mol. The monoisotopic (exact) mass is 226 g/mol. The molecule has 15 heavy (non-hydrogen) atoms. The Hall–Kier alpha value is -1.23. The van der Waals surface area contributed by atoms with Crippen LogP contribution in [-0.2, 0) is 9.53 Å². The molecule has 0 aliphatic carbocycles. The van der Waals surface area contributed by atoms with Gasteiger partial charge in [0.15, 0.2) is 0 Å². The predicted octanol–water partition coefficient (Wildman–Crippen LogP) is 1.63. The van der Waals surface area contributed by atoms with Gasteiger partial charge in [0.1, 0.15) is 5.03 Å². The average molecular weight is 226 g/mol. The van der Waals surface area contributed by atoms with Gasteiger partial charge in [0.05, 0.1) is 18.0 Å². The highest BCUT2D eigenvalue weighted by Gasteiger charge is 2.06. The number of pyridine rings is 1. The molecular formula is C10H14N2O2S. The fourth-order valence-corrected chi connectivity index (χ4v) is 1.72. The number of ether oxygens (including phenoxy) is 1. The van der Waals surface area contributed by atoms with Crippen molar-refractivity contribution in [3.8, 4) is 0 Å². The van der Waals surface area contributed by atoms with E-state index in [2.05, 4.69) is 4.98 Å². The van der Waals surface area contributed by atoms with Crippen molar-refractivity contribution < 1.29 is 9.53 Å². The first kappa shape index (κ1) is 11.8. The van der Waals surface area contributed by atoms with E-state index in [1.54, 1.807) is 13.1 Å². The van der Waals surface area contributed by atoms with Gasteiger partial charge in [-0.25, -0.2) is 4.98 Å². The molecule has 1 heterocycles. The fraction of sp³-hybridized carbons (Fsp3) is 0.400. The molecule has 82 valence electrons. The summed E-state index contributed by atoms with van der Waals surface area (Å²) in [5.41, 5.74) is 7.35. The van der Waals surface area contributed by atoms with E-state index in [0.29, 0.717) is 17.3 Å². The lowest BCUT2D eigenvalue weighted by Gasteiger charge is -2.04. The van der Waals surface area contributed by atoms with Gasteiger partial charge in [0.2, 0.25) is 0 Å². The van der Waals surface area contributed by atoms with E-state index in [1.165, 1.54) is 11.8 Å². The number of nitrogens with zero attached hydrogens (tertiary/aromatic N) is 1. The van der Waals surface area contributed by atoms with Crippen LogP contribution in [0.15, 0.2) is 17.3 Å². The molecule has 0 spiro atoms. The highest BCUT2D eigenvalue weighted by atomic mass is 32.2.